The Balaban J connectivity index is 1.51. The van der Waals surface area contributed by atoms with Crippen LogP contribution >= 0.6 is 0 Å². The maximum atomic E-state index is 12.6. The van der Waals surface area contributed by atoms with Crippen LogP contribution in [0.15, 0.2) is 48.9 Å². The van der Waals surface area contributed by atoms with E-state index in [2.05, 4.69) is 25.6 Å². The summed E-state index contributed by atoms with van der Waals surface area (Å²) in [6.07, 6.45) is 5.65. The van der Waals surface area contributed by atoms with Crippen molar-refractivity contribution in [2.75, 3.05) is 6.61 Å². The van der Waals surface area contributed by atoms with Gasteiger partial charge in [0.15, 0.2) is 5.82 Å². The van der Waals surface area contributed by atoms with E-state index in [0.29, 0.717) is 18.1 Å². The molecule has 3 aromatic rings. The zero-order chi connectivity index (χ0) is 16.4. The minimum atomic E-state index is -0.232. The number of carbonyl (C=O) groups is 1. The Morgan fingerprint density at radius 2 is 2.25 bits per heavy atom. The molecule has 1 saturated heterocycles. The smallest absolute Gasteiger partial charge is 0.270 e. The number of pyridine rings is 1. The van der Waals surface area contributed by atoms with E-state index in [4.69, 9.17) is 4.74 Å². The third-order valence-corrected chi connectivity index (χ3v) is 3.94. The largest absolute Gasteiger partial charge is 0.370 e. The lowest BCUT2D eigenvalue weighted by Gasteiger charge is -2.18. The average molecular weight is 324 g/mol. The van der Waals surface area contributed by atoms with E-state index in [1.54, 1.807) is 47.5 Å². The molecule has 0 bridgehead atoms. The molecule has 1 aliphatic rings. The highest BCUT2D eigenvalue weighted by molar-refractivity contribution is 5.92. The van der Waals surface area contributed by atoms with Gasteiger partial charge in [-0.15, -0.1) is 0 Å². The van der Waals surface area contributed by atoms with Crippen LogP contribution in [0, 0.1) is 0 Å². The summed E-state index contributed by atoms with van der Waals surface area (Å²) in [6.45, 7) is 0.593. The Labute approximate surface area is 137 Å². The quantitative estimate of drug-likeness (QED) is 0.753. The number of hydrogen-bond donors (Lipinski definition) is 2. The first-order chi connectivity index (χ1) is 11.8. The number of H-pyrrole nitrogens is 1. The number of nitrogens with zero attached hydrogens (tertiary/aromatic N) is 4. The van der Waals surface area contributed by atoms with Gasteiger partial charge in [-0.05, 0) is 30.7 Å². The second kappa shape index (κ2) is 6.25. The number of hydrogen-bond acceptors (Lipinski definition) is 5. The number of carbonyl (C=O) groups excluding carboxylic acids is 1. The van der Waals surface area contributed by atoms with Crippen LogP contribution in [-0.4, -0.2) is 43.5 Å². The van der Waals surface area contributed by atoms with E-state index in [1.807, 2.05) is 6.07 Å². The average Bonchev–Trinajstić information content (AvgIpc) is 3.36. The van der Waals surface area contributed by atoms with Crippen molar-refractivity contribution in [2.45, 2.75) is 18.6 Å². The van der Waals surface area contributed by atoms with Gasteiger partial charge in [0.25, 0.3) is 5.91 Å². The molecule has 8 nitrogen and oxygen atoms in total. The molecule has 122 valence electrons. The lowest BCUT2D eigenvalue weighted by Crippen LogP contribution is -2.37. The number of amides is 1. The van der Waals surface area contributed by atoms with Gasteiger partial charge in [0.2, 0.25) is 0 Å². The molecule has 2 atom stereocenters. The lowest BCUT2D eigenvalue weighted by molar-refractivity contribution is 0.0804. The molecule has 0 aromatic carbocycles. The van der Waals surface area contributed by atoms with Crippen molar-refractivity contribution < 1.29 is 9.53 Å². The van der Waals surface area contributed by atoms with Crippen molar-refractivity contribution in [3.05, 3.63) is 60.3 Å². The molecule has 8 heteroatoms. The molecular formula is C16H16N6O2. The molecule has 1 fully saturated rings. The molecular weight excluding hydrogens is 308 g/mol. The van der Waals surface area contributed by atoms with Gasteiger partial charge < -0.3 is 10.1 Å². The van der Waals surface area contributed by atoms with Crippen molar-refractivity contribution in [3.63, 3.8) is 0 Å². The van der Waals surface area contributed by atoms with Crippen LogP contribution in [0.5, 0.6) is 0 Å². The first-order valence-corrected chi connectivity index (χ1v) is 7.70. The van der Waals surface area contributed by atoms with E-state index >= 15 is 0 Å². The summed E-state index contributed by atoms with van der Waals surface area (Å²) >= 11 is 0. The van der Waals surface area contributed by atoms with E-state index < -0.39 is 0 Å². The van der Waals surface area contributed by atoms with Crippen molar-refractivity contribution >= 4 is 5.91 Å². The third kappa shape index (κ3) is 2.79. The predicted octanol–water partition coefficient (Wildman–Crippen LogP) is 1.25. The molecule has 0 saturated carbocycles. The summed E-state index contributed by atoms with van der Waals surface area (Å²) in [5, 5.41) is 14.0. The van der Waals surface area contributed by atoms with Crippen LogP contribution in [0.4, 0.5) is 0 Å². The molecule has 24 heavy (non-hydrogen) atoms. The van der Waals surface area contributed by atoms with E-state index in [0.717, 1.165) is 12.1 Å². The second-order valence-electron chi connectivity index (χ2n) is 5.50. The van der Waals surface area contributed by atoms with Crippen molar-refractivity contribution in [1.29, 1.82) is 0 Å². The molecule has 4 rings (SSSR count). The molecule has 0 spiro atoms. The van der Waals surface area contributed by atoms with Gasteiger partial charge in [0, 0.05) is 25.2 Å². The van der Waals surface area contributed by atoms with Gasteiger partial charge in [-0.3, -0.25) is 9.89 Å². The SMILES string of the molecule is O=C(N[C@H]1CCO[C@@H]1c1ccn[nH]1)c1cccc(-n2cccn2)n1. The second-order valence-corrected chi connectivity index (χ2v) is 5.50. The third-order valence-electron chi connectivity index (χ3n) is 3.94. The Bertz CT molecular complexity index is 815. The van der Waals surface area contributed by atoms with E-state index in [-0.39, 0.29) is 18.1 Å². The Kier molecular flexibility index (Phi) is 3.80. The highest BCUT2D eigenvalue weighted by Gasteiger charge is 2.32. The summed E-state index contributed by atoms with van der Waals surface area (Å²) in [6, 6.07) is 8.81. The summed E-state index contributed by atoms with van der Waals surface area (Å²) in [7, 11) is 0. The summed E-state index contributed by atoms with van der Waals surface area (Å²) in [5.41, 5.74) is 1.20. The molecule has 3 aromatic heterocycles. The fraction of sp³-hybridized carbons (Fsp3) is 0.250. The predicted molar refractivity (Wildman–Crippen MR) is 84.5 cm³/mol. The monoisotopic (exact) mass is 324 g/mol. The van der Waals surface area contributed by atoms with Crippen molar-refractivity contribution in [1.82, 2.24) is 30.3 Å². The normalized spacial score (nSPS) is 20.2. The van der Waals surface area contributed by atoms with Crippen molar-refractivity contribution in [3.8, 4) is 5.82 Å². The number of ether oxygens (including phenoxy) is 1. The minimum absolute atomic E-state index is 0.117. The number of rotatable bonds is 4. The lowest BCUT2D eigenvalue weighted by atomic mass is 10.1. The first-order valence-electron chi connectivity index (χ1n) is 7.70. The minimum Gasteiger partial charge on any atom is -0.370 e. The number of aromatic amines is 1. The number of nitrogens with one attached hydrogen (secondary N) is 2. The van der Waals surface area contributed by atoms with Crippen LogP contribution < -0.4 is 5.32 Å². The van der Waals surface area contributed by atoms with Gasteiger partial charge in [-0.1, -0.05) is 6.07 Å². The molecule has 1 aliphatic heterocycles. The van der Waals surface area contributed by atoms with Gasteiger partial charge in [0.05, 0.1) is 11.7 Å². The molecule has 4 heterocycles. The summed E-state index contributed by atoms with van der Waals surface area (Å²) in [4.78, 5) is 16.9. The van der Waals surface area contributed by atoms with Gasteiger partial charge >= 0.3 is 0 Å². The molecule has 0 radical (unpaired) electrons. The van der Waals surface area contributed by atoms with Crippen LogP contribution in [0.1, 0.15) is 28.7 Å². The molecule has 0 unspecified atom stereocenters. The van der Waals surface area contributed by atoms with Crippen LogP contribution in [0.2, 0.25) is 0 Å². The standard InChI is InChI=1S/C16H16N6O2/c23-16(13-3-1-4-14(19-13)22-9-2-7-18-22)20-11-6-10-24-15(11)12-5-8-17-21-12/h1-5,7-9,11,15H,6,10H2,(H,17,21)(H,20,23)/t11-,15-/m0/s1. The van der Waals surface area contributed by atoms with Gasteiger partial charge in [0.1, 0.15) is 11.8 Å². The summed E-state index contributed by atoms with van der Waals surface area (Å²) < 4.78 is 7.32. The maximum absolute atomic E-state index is 12.6. The van der Waals surface area contributed by atoms with Gasteiger partial charge in [-0.2, -0.15) is 10.2 Å². The molecule has 1 amide bonds. The van der Waals surface area contributed by atoms with Crippen molar-refractivity contribution in [2.24, 2.45) is 0 Å². The highest BCUT2D eigenvalue weighted by atomic mass is 16.5. The van der Waals surface area contributed by atoms with Gasteiger partial charge in [-0.25, -0.2) is 9.67 Å². The van der Waals surface area contributed by atoms with E-state index in [1.165, 1.54) is 0 Å². The van der Waals surface area contributed by atoms with Crippen LogP contribution in [0.3, 0.4) is 0 Å². The number of aromatic nitrogens is 5. The fourth-order valence-corrected chi connectivity index (χ4v) is 2.79. The van der Waals surface area contributed by atoms with E-state index in [9.17, 15) is 4.79 Å². The summed E-state index contributed by atoms with van der Waals surface area (Å²) in [5.74, 6) is 0.365. The zero-order valence-electron chi connectivity index (χ0n) is 12.8. The van der Waals surface area contributed by atoms with Crippen LogP contribution in [0.25, 0.3) is 5.82 Å². The zero-order valence-corrected chi connectivity index (χ0v) is 12.8. The Morgan fingerprint density at radius 1 is 1.29 bits per heavy atom. The first kappa shape index (κ1) is 14.6. The Morgan fingerprint density at radius 3 is 3.04 bits per heavy atom. The Hall–Kier alpha value is -3.00. The topological polar surface area (TPSA) is 97.7 Å². The van der Waals surface area contributed by atoms with Crippen LogP contribution in [-0.2, 0) is 4.74 Å². The molecule has 0 aliphatic carbocycles. The molecule has 2 N–H and O–H groups in total. The fourth-order valence-electron chi connectivity index (χ4n) is 2.79. The highest BCUT2D eigenvalue weighted by Crippen LogP contribution is 2.27. The maximum Gasteiger partial charge on any atom is 0.270 e.